The molecule has 6 nitrogen and oxygen atoms in total. The number of hydrogen-bond donors (Lipinski definition) is 1. The lowest BCUT2D eigenvalue weighted by molar-refractivity contribution is -0.127. The summed E-state index contributed by atoms with van der Waals surface area (Å²) >= 11 is 0. The predicted molar refractivity (Wildman–Crippen MR) is 128 cm³/mol. The Kier molecular flexibility index (Phi) is 6.69. The molecule has 1 amide bonds. The Labute approximate surface area is 189 Å². The molecule has 3 aromatic rings. The number of amides is 1. The van der Waals surface area contributed by atoms with E-state index >= 15 is 0 Å². The molecule has 1 aliphatic rings. The number of nitrogens with zero attached hydrogens (tertiary/aromatic N) is 2. The molecule has 0 bridgehead atoms. The average molecular weight is 450 g/mol. The van der Waals surface area contributed by atoms with Gasteiger partial charge in [-0.2, -0.15) is 0 Å². The van der Waals surface area contributed by atoms with Crippen LogP contribution in [0.4, 0.5) is 0 Å². The molecule has 7 heteroatoms. The highest BCUT2D eigenvalue weighted by Gasteiger charge is 2.20. The van der Waals surface area contributed by atoms with Gasteiger partial charge < -0.3 is 4.90 Å². The lowest BCUT2D eigenvalue weighted by Crippen LogP contribution is -2.47. The second-order valence-electron chi connectivity index (χ2n) is 7.85. The molecule has 0 saturated carbocycles. The van der Waals surface area contributed by atoms with E-state index in [-0.39, 0.29) is 10.8 Å². The van der Waals surface area contributed by atoms with E-state index in [2.05, 4.69) is 52.1 Å². The van der Waals surface area contributed by atoms with Crippen LogP contribution in [0.1, 0.15) is 11.1 Å². The first-order valence-corrected chi connectivity index (χ1v) is 12.1. The van der Waals surface area contributed by atoms with E-state index < -0.39 is 10.0 Å². The summed E-state index contributed by atoms with van der Waals surface area (Å²) < 4.78 is 25.9. The zero-order chi connectivity index (χ0) is 22.6. The fourth-order valence-corrected chi connectivity index (χ4v) is 4.68. The highest BCUT2D eigenvalue weighted by Crippen LogP contribution is 2.20. The SMILES string of the molecule is CNS(=O)(=O)c1ccc(/C=C/C(=O)N2CCN(Cc3cccc4ccccc34)CC2)cc1. The molecule has 1 heterocycles. The van der Waals surface area contributed by atoms with Crippen molar-refractivity contribution in [3.05, 3.63) is 83.9 Å². The molecule has 1 aliphatic heterocycles. The normalized spacial score (nSPS) is 15.5. The van der Waals surface area contributed by atoms with Crippen molar-refractivity contribution >= 4 is 32.8 Å². The van der Waals surface area contributed by atoms with E-state index in [9.17, 15) is 13.2 Å². The summed E-state index contributed by atoms with van der Waals surface area (Å²) in [5.41, 5.74) is 2.09. The van der Waals surface area contributed by atoms with Crippen LogP contribution in [0, 0.1) is 0 Å². The van der Waals surface area contributed by atoms with Crippen molar-refractivity contribution in [2.45, 2.75) is 11.4 Å². The van der Waals surface area contributed by atoms with E-state index in [4.69, 9.17) is 0 Å². The molecule has 1 saturated heterocycles. The predicted octanol–water partition coefficient (Wildman–Crippen LogP) is 3.11. The van der Waals surface area contributed by atoms with Gasteiger partial charge in [-0.05, 0) is 47.2 Å². The standard InChI is InChI=1S/C25H27N3O3S/c1-26-32(30,31)23-12-9-20(10-13-23)11-14-25(29)28-17-15-27(16-18-28)19-22-7-4-6-21-5-2-3-8-24(21)22/h2-14,26H,15-19H2,1H3/b14-11+. The number of carbonyl (C=O) groups is 1. The minimum atomic E-state index is -3.46. The van der Waals surface area contributed by atoms with Crippen molar-refractivity contribution < 1.29 is 13.2 Å². The van der Waals surface area contributed by atoms with Gasteiger partial charge in [0.1, 0.15) is 0 Å². The molecule has 1 N–H and O–H groups in total. The molecule has 166 valence electrons. The molecular weight excluding hydrogens is 422 g/mol. The fourth-order valence-electron chi connectivity index (χ4n) is 3.95. The van der Waals surface area contributed by atoms with Gasteiger partial charge in [0.05, 0.1) is 4.90 Å². The van der Waals surface area contributed by atoms with Crippen molar-refractivity contribution in [2.75, 3.05) is 33.2 Å². The quantitative estimate of drug-likeness (QED) is 0.587. The summed E-state index contributed by atoms with van der Waals surface area (Å²) in [5.74, 6) is -0.0262. The smallest absolute Gasteiger partial charge is 0.246 e. The van der Waals surface area contributed by atoms with E-state index in [1.54, 1.807) is 24.3 Å². The first-order valence-electron chi connectivity index (χ1n) is 10.7. The third kappa shape index (κ3) is 5.07. The third-order valence-electron chi connectivity index (χ3n) is 5.84. The lowest BCUT2D eigenvalue weighted by Gasteiger charge is -2.34. The molecule has 4 rings (SSSR count). The summed E-state index contributed by atoms with van der Waals surface area (Å²) in [5, 5.41) is 2.53. The average Bonchev–Trinajstić information content (AvgIpc) is 2.83. The molecule has 0 aromatic heterocycles. The summed E-state index contributed by atoms with van der Waals surface area (Å²) in [7, 11) is -2.08. The molecule has 3 aromatic carbocycles. The highest BCUT2D eigenvalue weighted by atomic mass is 32.2. The fraction of sp³-hybridized carbons (Fsp3) is 0.240. The van der Waals surface area contributed by atoms with E-state index in [0.717, 1.165) is 25.2 Å². The summed E-state index contributed by atoms with van der Waals surface area (Å²) in [6.07, 6.45) is 3.28. The Hall–Kier alpha value is -3.00. The van der Waals surface area contributed by atoms with Crippen LogP contribution >= 0.6 is 0 Å². The molecular formula is C25H27N3O3S. The molecule has 1 fully saturated rings. The minimum absolute atomic E-state index is 0.0262. The van der Waals surface area contributed by atoms with Crippen molar-refractivity contribution in [2.24, 2.45) is 0 Å². The summed E-state index contributed by atoms with van der Waals surface area (Å²) in [6.45, 7) is 3.92. The highest BCUT2D eigenvalue weighted by molar-refractivity contribution is 7.89. The zero-order valence-corrected chi connectivity index (χ0v) is 18.9. The van der Waals surface area contributed by atoms with Crippen LogP contribution in [0.5, 0.6) is 0 Å². The number of hydrogen-bond acceptors (Lipinski definition) is 4. The van der Waals surface area contributed by atoms with Crippen molar-refractivity contribution in [1.82, 2.24) is 14.5 Å². The number of sulfonamides is 1. The second-order valence-corrected chi connectivity index (χ2v) is 9.74. The van der Waals surface area contributed by atoms with Gasteiger partial charge in [0.2, 0.25) is 15.9 Å². The molecule has 32 heavy (non-hydrogen) atoms. The van der Waals surface area contributed by atoms with Gasteiger partial charge in [0.25, 0.3) is 0 Å². The Bertz CT molecular complexity index is 1220. The van der Waals surface area contributed by atoms with Gasteiger partial charge in [-0.15, -0.1) is 0 Å². The number of benzene rings is 3. The van der Waals surface area contributed by atoms with Gasteiger partial charge in [0.15, 0.2) is 0 Å². The van der Waals surface area contributed by atoms with Crippen LogP contribution in [-0.2, 0) is 21.4 Å². The first-order chi connectivity index (χ1) is 15.5. The largest absolute Gasteiger partial charge is 0.337 e. The van der Waals surface area contributed by atoms with Gasteiger partial charge in [0, 0.05) is 38.8 Å². The molecule has 0 radical (unpaired) electrons. The maximum Gasteiger partial charge on any atom is 0.246 e. The van der Waals surface area contributed by atoms with Crippen LogP contribution in [0.3, 0.4) is 0 Å². The monoisotopic (exact) mass is 449 g/mol. The topological polar surface area (TPSA) is 69.7 Å². The Morgan fingerprint density at radius 3 is 2.34 bits per heavy atom. The van der Waals surface area contributed by atoms with E-state index in [1.165, 1.54) is 35.5 Å². The molecule has 0 spiro atoms. The van der Waals surface area contributed by atoms with Crippen LogP contribution in [0.2, 0.25) is 0 Å². The van der Waals surface area contributed by atoms with Crippen LogP contribution < -0.4 is 4.72 Å². The molecule has 0 unspecified atom stereocenters. The summed E-state index contributed by atoms with van der Waals surface area (Å²) in [6, 6.07) is 21.3. The van der Waals surface area contributed by atoms with Crippen LogP contribution in [-0.4, -0.2) is 57.4 Å². The van der Waals surface area contributed by atoms with Crippen molar-refractivity contribution in [3.63, 3.8) is 0 Å². The van der Waals surface area contributed by atoms with Gasteiger partial charge >= 0.3 is 0 Å². The summed E-state index contributed by atoms with van der Waals surface area (Å²) in [4.78, 5) is 17.0. The number of rotatable bonds is 6. The zero-order valence-electron chi connectivity index (χ0n) is 18.1. The third-order valence-corrected chi connectivity index (χ3v) is 7.27. The van der Waals surface area contributed by atoms with Crippen LogP contribution in [0.25, 0.3) is 16.8 Å². The van der Waals surface area contributed by atoms with Gasteiger partial charge in [-0.3, -0.25) is 9.69 Å². The molecule has 0 atom stereocenters. The number of nitrogens with one attached hydrogen (secondary N) is 1. The maximum atomic E-state index is 12.6. The van der Waals surface area contributed by atoms with E-state index in [1.807, 2.05) is 4.90 Å². The van der Waals surface area contributed by atoms with E-state index in [0.29, 0.717) is 13.1 Å². The number of carbonyl (C=O) groups excluding carboxylic acids is 1. The van der Waals surface area contributed by atoms with Gasteiger partial charge in [-0.25, -0.2) is 13.1 Å². The number of fused-ring (bicyclic) bond motifs is 1. The van der Waals surface area contributed by atoms with Crippen molar-refractivity contribution in [3.8, 4) is 0 Å². The molecule has 0 aliphatic carbocycles. The first kappa shape index (κ1) is 22.2. The van der Waals surface area contributed by atoms with Gasteiger partial charge in [-0.1, -0.05) is 54.6 Å². The van der Waals surface area contributed by atoms with Crippen molar-refractivity contribution in [1.29, 1.82) is 0 Å². The number of piperazine rings is 1. The Balaban J connectivity index is 1.32. The lowest BCUT2D eigenvalue weighted by atomic mass is 10.0. The Morgan fingerprint density at radius 1 is 0.938 bits per heavy atom. The minimum Gasteiger partial charge on any atom is -0.337 e. The van der Waals surface area contributed by atoms with Crippen LogP contribution in [0.15, 0.2) is 77.7 Å². The second kappa shape index (κ2) is 9.65. The maximum absolute atomic E-state index is 12.6. The Morgan fingerprint density at radius 2 is 1.62 bits per heavy atom.